The highest BCUT2D eigenvalue weighted by atomic mass is 19.1. The lowest BCUT2D eigenvalue weighted by Crippen LogP contribution is -2.63. The van der Waals surface area contributed by atoms with Crippen LogP contribution >= 0.6 is 0 Å². The van der Waals surface area contributed by atoms with Gasteiger partial charge in [0, 0.05) is 30.0 Å². The highest BCUT2D eigenvalue weighted by Crippen LogP contribution is 2.57. The first-order valence-electron chi connectivity index (χ1n) is 12.4. The molecule has 0 spiro atoms. The zero-order chi connectivity index (χ0) is 23.9. The molecule has 1 aromatic carbocycles. The highest BCUT2D eigenvalue weighted by molar-refractivity contribution is 5.52. The molecule has 0 aromatic heterocycles. The second kappa shape index (κ2) is 9.23. The summed E-state index contributed by atoms with van der Waals surface area (Å²) in [6.45, 7) is 13.5. The molecule has 0 amide bonds. The van der Waals surface area contributed by atoms with Crippen molar-refractivity contribution in [3.05, 3.63) is 29.1 Å². The molecule has 0 saturated carbocycles. The largest absolute Gasteiger partial charge is 0.483 e. The van der Waals surface area contributed by atoms with Crippen LogP contribution in [0.3, 0.4) is 0 Å². The van der Waals surface area contributed by atoms with Crippen molar-refractivity contribution in [2.24, 2.45) is 5.92 Å². The normalized spacial score (nSPS) is 35.5. The first kappa shape index (κ1) is 25.5. The van der Waals surface area contributed by atoms with E-state index in [1.807, 2.05) is 13.0 Å². The molecule has 6 atom stereocenters. The predicted octanol–water partition coefficient (Wildman–Crippen LogP) is 5.62. The van der Waals surface area contributed by atoms with Gasteiger partial charge in [-0.25, -0.2) is 4.39 Å². The van der Waals surface area contributed by atoms with Gasteiger partial charge in [-0.2, -0.15) is 0 Å². The Morgan fingerprint density at radius 3 is 2.59 bits per heavy atom. The maximum Gasteiger partial charge on any atom is 0.165 e. The van der Waals surface area contributed by atoms with E-state index in [9.17, 15) is 5.11 Å². The molecule has 0 aliphatic carbocycles. The van der Waals surface area contributed by atoms with Gasteiger partial charge in [0.15, 0.2) is 11.6 Å². The summed E-state index contributed by atoms with van der Waals surface area (Å²) in [6.07, 6.45) is 4.65. The summed E-state index contributed by atoms with van der Waals surface area (Å²) >= 11 is 0. The molecule has 5 heteroatoms. The van der Waals surface area contributed by atoms with Gasteiger partial charge in [-0.3, -0.25) is 0 Å². The summed E-state index contributed by atoms with van der Waals surface area (Å²) in [7, 11) is 3.90. The highest BCUT2D eigenvalue weighted by Gasteiger charge is 2.62. The Kier molecular flexibility index (Phi) is 7.34. The van der Waals surface area contributed by atoms with Crippen LogP contribution in [0.25, 0.3) is 0 Å². The summed E-state index contributed by atoms with van der Waals surface area (Å²) in [5, 5.41) is 11.7. The molecule has 32 heavy (non-hydrogen) atoms. The van der Waals surface area contributed by atoms with Crippen molar-refractivity contribution in [2.45, 2.75) is 109 Å². The Labute approximate surface area is 194 Å². The molecule has 6 unspecified atom stereocenters. The number of methoxy groups -OCH3 is 1. The predicted molar refractivity (Wildman–Crippen MR) is 128 cm³/mol. The summed E-state index contributed by atoms with van der Waals surface area (Å²) < 4.78 is 28.0. The molecule has 1 saturated heterocycles. The van der Waals surface area contributed by atoms with E-state index in [2.05, 4.69) is 46.6 Å². The number of rotatable bonds is 5. The quantitative estimate of drug-likeness (QED) is 0.634. The van der Waals surface area contributed by atoms with E-state index >= 15 is 4.39 Å². The first-order valence-corrected chi connectivity index (χ1v) is 12.4. The zero-order valence-electron chi connectivity index (χ0n) is 21.4. The van der Waals surface area contributed by atoms with Crippen LogP contribution in [0.15, 0.2) is 12.1 Å². The van der Waals surface area contributed by atoms with E-state index < -0.39 is 16.6 Å². The minimum absolute atomic E-state index is 0.150. The molecular formula is C27H44FNO3. The smallest absolute Gasteiger partial charge is 0.165 e. The standard InChI is InChI=1S/C27H44FNO3/c1-9-15-25(5,30)21-14-12-19(4)29(7)17-16-27(10-2)22-18(3)11-13-20(28)23(22)32-24(27)26(21,6)31-8/h11,13,19,21,24,30H,9-10,12,14-17H2,1-8H3. The Balaban J connectivity index is 2.26. The number of nitrogens with zero attached hydrogens (tertiary/aromatic N) is 1. The van der Waals surface area contributed by atoms with E-state index in [1.165, 1.54) is 6.07 Å². The topological polar surface area (TPSA) is 41.9 Å². The van der Waals surface area contributed by atoms with E-state index in [0.717, 1.165) is 49.8 Å². The fraction of sp³-hybridized carbons (Fsp3) is 0.778. The summed E-state index contributed by atoms with van der Waals surface area (Å²) in [5.74, 6) is -0.0793. The van der Waals surface area contributed by atoms with Crippen molar-refractivity contribution in [3.63, 3.8) is 0 Å². The molecule has 2 aliphatic heterocycles. The third-order valence-electron chi connectivity index (χ3n) is 8.88. The molecule has 4 nitrogen and oxygen atoms in total. The van der Waals surface area contributed by atoms with Gasteiger partial charge in [-0.05, 0) is 85.0 Å². The van der Waals surface area contributed by atoms with E-state index in [4.69, 9.17) is 9.47 Å². The van der Waals surface area contributed by atoms with Crippen LogP contribution in [0.5, 0.6) is 5.75 Å². The number of ether oxygens (including phenoxy) is 2. The molecule has 182 valence electrons. The van der Waals surface area contributed by atoms with Crippen molar-refractivity contribution in [2.75, 3.05) is 20.7 Å². The van der Waals surface area contributed by atoms with Gasteiger partial charge in [0.25, 0.3) is 0 Å². The van der Waals surface area contributed by atoms with Crippen LogP contribution in [0, 0.1) is 18.7 Å². The third kappa shape index (κ3) is 3.99. The van der Waals surface area contributed by atoms with Gasteiger partial charge in [0.05, 0.1) is 5.60 Å². The zero-order valence-corrected chi connectivity index (χ0v) is 21.4. The van der Waals surface area contributed by atoms with Gasteiger partial charge in [-0.15, -0.1) is 0 Å². The van der Waals surface area contributed by atoms with Crippen molar-refractivity contribution in [1.29, 1.82) is 0 Å². The molecule has 1 aromatic rings. The number of fused-ring (bicyclic) bond motifs is 3. The van der Waals surface area contributed by atoms with E-state index in [1.54, 1.807) is 7.11 Å². The van der Waals surface area contributed by atoms with E-state index in [-0.39, 0.29) is 17.8 Å². The number of hydrogen-bond acceptors (Lipinski definition) is 4. The van der Waals surface area contributed by atoms with Crippen LogP contribution < -0.4 is 4.74 Å². The van der Waals surface area contributed by atoms with Crippen molar-refractivity contribution in [3.8, 4) is 5.75 Å². The van der Waals surface area contributed by atoms with Crippen LogP contribution in [-0.4, -0.2) is 54.1 Å². The molecule has 1 fully saturated rings. The molecule has 2 heterocycles. The number of hydrogen-bond donors (Lipinski definition) is 1. The van der Waals surface area contributed by atoms with Crippen molar-refractivity contribution >= 4 is 0 Å². The van der Waals surface area contributed by atoms with E-state index in [0.29, 0.717) is 18.2 Å². The van der Waals surface area contributed by atoms with Gasteiger partial charge in [0.1, 0.15) is 11.7 Å². The van der Waals surface area contributed by atoms with Gasteiger partial charge in [0.2, 0.25) is 0 Å². The Morgan fingerprint density at radius 1 is 1.31 bits per heavy atom. The SMILES string of the molecule is CCCC(C)(O)C1CCC(C)N(C)CCC2(CC)c3c(C)ccc(F)c3OC2C1(C)OC. The second-order valence-electron chi connectivity index (χ2n) is 10.8. The maximum atomic E-state index is 15.1. The molecule has 0 bridgehead atoms. The monoisotopic (exact) mass is 449 g/mol. The number of aryl methyl sites for hydroxylation is 1. The summed E-state index contributed by atoms with van der Waals surface area (Å²) in [6, 6.07) is 3.77. The lowest BCUT2D eigenvalue weighted by atomic mass is 9.60. The Bertz CT molecular complexity index is 812. The third-order valence-corrected chi connectivity index (χ3v) is 8.88. The molecule has 2 aliphatic rings. The fourth-order valence-corrected chi connectivity index (χ4v) is 6.76. The number of aliphatic hydroxyl groups is 1. The minimum atomic E-state index is -0.914. The summed E-state index contributed by atoms with van der Waals surface area (Å²) in [5.41, 5.74) is -0.0274. The minimum Gasteiger partial charge on any atom is -0.483 e. The maximum absolute atomic E-state index is 15.1. The number of halogens is 1. The summed E-state index contributed by atoms with van der Waals surface area (Å²) in [4.78, 5) is 2.40. The average Bonchev–Trinajstić information content (AvgIpc) is 3.11. The van der Waals surface area contributed by atoms with Gasteiger partial charge >= 0.3 is 0 Å². The lowest BCUT2D eigenvalue weighted by molar-refractivity contribution is -0.188. The second-order valence-corrected chi connectivity index (χ2v) is 10.8. The molecular weight excluding hydrogens is 405 g/mol. The first-order chi connectivity index (χ1) is 15.0. The Hall–Kier alpha value is -1.17. The number of benzene rings is 1. The lowest BCUT2D eigenvalue weighted by Gasteiger charge is -2.52. The van der Waals surface area contributed by atoms with Crippen molar-refractivity contribution < 1.29 is 19.0 Å². The molecule has 3 rings (SSSR count). The molecule has 0 radical (unpaired) electrons. The fourth-order valence-electron chi connectivity index (χ4n) is 6.76. The van der Waals surface area contributed by atoms with Crippen LogP contribution in [-0.2, 0) is 10.2 Å². The van der Waals surface area contributed by atoms with Gasteiger partial charge in [-0.1, -0.05) is 26.3 Å². The van der Waals surface area contributed by atoms with Crippen LogP contribution in [0.4, 0.5) is 4.39 Å². The van der Waals surface area contributed by atoms with Gasteiger partial charge < -0.3 is 19.5 Å². The van der Waals surface area contributed by atoms with Crippen LogP contribution in [0.1, 0.15) is 84.3 Å². The van der Waals surface area contributed by atoms with Crippen molar-refractivity contribution in [1.82, 2.24) is 4.90 Å². The Morgan fingerprint density at radius 2 is 2.00 bits per heavy atom. The van der Waals surface area contributed by atoms with Crippen LogP contribution in [0.2, 0.25) is 0 Å². The average molecular weight is 450 g/mol. The molecule has 1 N–H and O–H groups in total.